The van der Waals surface area contributed by atoms with E-state index in [1.54, 1.807) is 0 Å². The SMILES string of the molecule is Cc1ccc(S(=O)(=O)NC[C@H]2CCc3nc(C(F)(F)F)cn3C2)cc1F. The Kier molecular flexibility index (Phi) is 4.82. The van der Waals surface area contributed by atoms with Gasteiger partial charge in [0.15, 0.2) is 5.69 Å². The largest absolute Gasteiger partial charge is 0.434 e. The van der Waals surface area contributed by atoms with E-state index in [0.717, 1.165) is 12.3 Å². The molecule has 0 unspecified atom stereocenters. The Labute approximate surface area is 148 Å². The molecule has 0 radical (unpaired) electrons. The standard InChI is InChI=1S/C16H17F4N3O2S/c1-10-2-4-12(6-13(10)17)26(24,25)21-7-11-3-5-15-22-14(16(18,19)20)9-23(15)8-11/h2,4,6,9,11,21H,3,5,7-8H2,1H3/t11-/m1/s1. The van der Waals surface area contributed by atoms with Gasteiger partial charge in [-0.15, -0.1) is 0 Å². The lowest BCUT2D eigenvalue weighted by atomic mass is 10.00. The van der Waals surface area contributed by atoms with Gasteiger partial charge in [-0.2, -0.15) is 13.2 Å². The Morgan fingerprint density at radius 1 is 1.35 bits per heavy atom. The van der Waals surface area contributed by atoms with E-state index in [4.69, 9.17) is 0 Å². The molecule has 1 atom stereocenters. The molecule has 0 amide bonds. The number of alkyl halides is 3. The van der Waals surface area contributed by atoms with Gasteiger partial charge in [-0.05, 0) is 37.0 Å². The fraction of sp³-hybridized carbons (Fsp3) is 0.438. The van der Waals surface area contributed by atoms with E-state index in [2.05, 4.69) is 9.71 Å². The fourth-order valence-corrected chi connectivity index (χ4v) is 4.00. The van der Waals surface area contributed by atoms with Crippen molar-refractivity contribution in [2.75, 3.05) is 6.54 Å². The molecule has 2 heterocycles. The van der Waals surface area contributed by atoms with E-state index in [-0.39, 0.29) is 23.9 Å². The Bertz CT molecular complexity index is 922. The minimum Gasteiger partial charge on any atom is -0.334 e. The maximum Gasteiger partial charge on any atom is 0.434 e. The van der Waals surface area contributed by atoms with E-state index < -0.39 is 27.7 Å². The number of nitrogens with zero attached hydrogens (tertiary/aromatic N) is 2. The van der Waals surface area contributed by atoms with Crippen LogP contribution in [0.3, 0.4) is 0 Å². The van der Waals surface area contributed by atoms with Gasteiger partial charge in [0.2, 0.25) is 10.0 Å². The van der Waals surface area contributed by atoms with E-state index in [9.17, 15) is 26.0 Å². The van der Waals surface area contributed by atoms with Crippen molar-refractivity contribution in [1.29, 1.82) is 0 Å². The average molecular weight is 391 g/mol. The van der Waals surface area contributed by atoms with Crippen LogP contribution in [0.2, 0.25) is 0 Å². The van der Waals surface area contributed by atoms with E-state index in [0.29, 0.717) is 24.2 Å². The zero-order valence-corrected chi connectivity index (χ0v) is 14.7. The molecule has 0 spiro atoms. The smallest absolute Gasteiger partial charge is 0.334 e. The lowest BCUT2D eigenvalue weighted by Crippen LogP contribution is -2.33. The number of hydrogen-bond donors (Lipinski definition) is 1. The molecule has 1 aromatic heterocycles. The highest BCUT2D eigenvalue weighted by Gasteiger charge is 2.35. The van der Waals surface area contributed by atoms with Crippen LogP contribution in [0.15, 0.2) is 29.3 Å². The van der Waals surface area contributed by atoms with Crippen LogP contribution in [0.5, 0.6) is 0 Å². The van der Waals surface area contributed by atoms with Crippen LogP contribution < -0.4 is 4.72 Å². The van der Waals surface area contributed by atoms with E-state index in [1.807, 2.05) is 0 Å². The Morgan fingerprint density at radius 3 is 2.73 bits per heavy atom. The summed E-state index contributed by atoms with van der Waals surface area (Å²) in [6, 6.07) is 3.63. The normalized spacial score (nSPS) is 18.0. The predicted molar refractivity (Wildman–Crippen MR) is 85.4 cm³/mol. The summed E-state index contributed by atoms with van der Waals surface area (Å²) in [5.74, 6) is -0.451. The van der Waals surface area contributed by atoms with Crippen molar-refractivity contribution in [3.05, 3.63) is 47.3 Å². The van der Waals surface area contributed by atoms with Gasteiger partial charge in [-0.1, -0.05) is 6.07 Å². The molecule has 1 aromatic carbocycles. The topological polar surface area (TPSA) is 64.0 Å². The second-order valence-electron chi connectivity index (χ2n) is 6.36. The lowest BCUT2D eigenvalue weighted by molar-refractivity contribution is -0.141. The van der Waals surface area contributed by atoms with Gasteiger partial charge in [0.05, 0.1) is 4.90 Å². The second kappa shape index (κ2) is 6.66. The third kappa shape index (κ3) is 3.90. The van der Waals surface area contributed by atoms with Crippen molar-refractivity contribution in [3.63, 3.8) is 0 Å². The van der Waals surface area contributed by atoms with Crippen molar-refractivity contribution < 1.29 is 26.0 Å². The third-order valence-electron chi connectivity index (χ3n) is 4.40. The summed E-state index contributed by atoms with van der Waals surface area (Å²) in [5, 5.41) is 0. The Balaban J connectivity index is 1.67. The minimum absolute atomic E-state index is 0.0524. The van der Waals surface area contributed by atoms with Gasteiger partial charge in [0.25, 0.3) is 0 Å². The molecule has 0 fully saturated rings. The van der Waals surface area contributed by atoms with Gasteiger partial charge in [-0.3, -0.25) is 0 Å². The highest BCUT2D eigenvalue weighted by Crippen LogP contribution is 2.30. The zero-order valence-electron chi connectivity index (χ0n) is 13.8. The number of hydrogen-bond acceptors (Lipinski definition) is 3. The molecule has 1 aliphatic rings. The van der Waals surface area contributed by atoms with E-state index >= 15 is 0 Å². The molecule has 2 aromatic rings. The van der Waals surface area contributed by atoms with Crippen molar-refractivity contribution in [3.8, 4) is 0 Å². The van der Waals surface area contributed by atoms with Crippen molar-refractivity contribution >= 4 is 10.0 Å². The first-order valence-electron chi connectivity index (χ1n) is 7.95. The summed E-state index contributed by atoms with van der Waals surface area (Å²) >= 11 is 0. The molecule has 0 saturated carbocycles. The van der Waals surface area contributed by atoms with Gasteiger partial charge in [-0.25, -0.2) is 22.5 Å². The van der Waals surface area contributed by atoms with Crippen LogP contribution in [-0.2, 0) is 29.2 Å². The number of imidazole rings is 1. The molecular formula is C16H17F4N3O2S. The summed E-state index contributed by atoms with van der Waals surface area (Å²) in [7, 11) is -3.89. The molecule has 26 heavy (non-hydrogen) atoms. The maximum absolute atomic E-state index is 13.6. The van der Waals surface area contributed by atoms with Gasteiger partial charge in [0.1, 0.15) is 11.6 Å². The number of benzene rings is 1. The highest BCUT2D eigenvalue weighted by atomic mass is 32.2. The van der Waals surface area contributed by atoms with Crippen molar-refractivity contribution in [2.45, 2.75) is 37.4 Å². The lowest BCUT2D eigenvalue weighted by Gasteiger charge is -2.23. The molecule has 0 saturated heterocycles. The summed E-state index contributed by atoms with van der Waals surface area (Å²) in [6.07, 6.45) is -2.71. The molecule has 142 valence electrons. The summed E-state index contributed by atoms with van der Waals surface area (Å²) < 4.78 is 80.1. The summed E-state index contributed by atoms with van der Waals surface area (Å²) in [4.78, 5) is 3.41. The first-order chi connectivity index (χ1) is 12.1. The van der Waals surface area contributed by atoms with Crippen molar-refractivity contribution in [2.24, 2.45) is 5.92 Å². The molecule has 5 nitrogen and oxygen atoms in total. The monoisotopic (exact) mass is 391 g/mol. The average Bonchev–Trinajstić information content (AvgIpc) is 2.99. The maximum atomic E-state index is 13.6. The van der Waals surface area contributed by atoms with Crippen LogP contribution in [0.25, 0.3) is 0 Å². The summed E-state index contributed by atoms with van der Waals surface area (Å²) in [5.41, 5.74) is -0.604. The van der Waals surface area contributed by atoms with Crippen LogP contribution in [-0.4, -0.2) is 24.5 Å². The van der Waals surface area contributed by atoms with Crippen LogP contribution in [0.4, 0.5) is 17.6 Å². The zero-order chi connectivity index (χ0) is 19.1. The van der Waals surface area contributed by atoms with E-state index in [1.165, 1.54) is 23.6 Å². The molecule has 1 N–H and O–H groups in total. The molecule has 10 heteroatoms. The number of sulfonamides is 1. The quantitative estimate of drug-likeness (QED) is 0.816. The molecule has 1 aliphatic heterocycles. The van der Waals surface area contributed by atoms with Crippen molar-refractivity contribution in [1.82, 2.24) is 14.3 Å². The number of fused-ring (bicyclic) bond motifs is 1. The number of aromatic nitrogens is 2. The van der Waals surface area contributed by atoms with Gasteiger partial charge in [0, 0.05) is 25.7 Å². The number of rotatable bonds is 4. The molecular weight excluding hydrogens is 374 g/mol. The van der Waals surface area contributed by atoms with Crippen LogP contribution in [0.1, 0.15) is 23.5 Å². The minimum atomic E-state index is -4.50. The molecule has 3 rings (SSSR count). The number of aryl methyl sites for hydroxylation is 2. The summed E-state index contributed by atoms with van der Waals surface area (Å²) in [6.45, 7) is 1.82. The fourth-order valence-electron chi connectivity index (χ4n) is 2.87. The highest BCUT2D eigenvalue weighted by molar-refractivity contribution is 7.89. The second-order valence-corrected chi connectivity index (χ2v) is 8.13. The molecule has 0 bridgehead atoms. The first kappa shape index (κ1) is 18.8. The first-order valence-corrected chi connectivity index (χ1v) is 9.43. The van der Waals surface area contributed by atoms with Gasteiger partial charge >= 0.3 is 6.18 Å². The van der Waals surface area contributed by atoms with Crippen LogP contribution in [0, 0.1) is 18.7 Å². The molecule has 0 aliphatic carbocycles. The number of halogens is 4. The predicted octanol–water partition coefficient (Wildman–Crippen LogP) is 2.89. The number of nitrogens with one attached hydrogen (secondary N) is 1. The Hall–Kier alpha value is -1.94. The Morgan fingerprint density at radius 2 is 2.08 bits per heavy atom. The van der Waals surface area contributed by atoms with Gasteiger partial charge < -0.3 is 4.57 Å². The van der Waals surface area contributed by atoms with Crippen LogP contribution >= 0.6 is 0 Å². The third-order valence-corrected chi connectivity index (χ3v) is 5.82.